The first kappa shape index (κ1) is 21.7. The highest BCUT2D eigenvalue weighted by Gasteiger charge is 2.54. The van der Waals surface area contributed by atoms with Gasteiger partial charge in [0, 0.05) is 7.05 Å². The van der Waals surface area contributed by atoms with E-state index >= 15 is 0 Å². The van der Waals surface area contributed by atoms with Crippen LogP contribution in [-0.4, -0.2) is 58.8 Å². The van der Waals surface area contributed by atoms with Crippen molar-refractivity contribution in [1.29, 1.82) is 0 Å². The number of hydrogen-bond donors (Lipinski definition) is 0. The quantitative estimate of drug-likeness (QED) is 0.512. The molecule has 1 saturated heterocycles. The van der Waals surface area contributed by atoms with Gasteiger partial charge in [-0.25, -0.2) is 14.3 Å². The Bertz CT molecular complexity index is 1130. The summed E-state index contributed by atoms with van der Waals surface area (Å²) in [6.07, 6.45) is 3.33. The molecule has 3 heterocycles. The summed E-state index contributed by atoms with van der Waals surface area (Å²) >= 11 is 0. The summed E-state index contributed by atoms with van der Waals surface area (Å²) in [5.41, 5.74) is 4.04. The van der Waals surface area contributed by atoms with Crippen LogP contribution >= 0.6 is 0 Å². The predicted octanol–water partition coefficient (Wildman–Crippen LogP) is 2.38. The number of likely N-dealkylation sites (N-methyl/N-ethyl adjacent to an activating group) is 1. The third-order valence-corrected chi connectivity index (χ3v) is 6.24. The van der Waals surface area contributed by atoms with Crippen molar-refractivity contribution >= 4 is 29.7 Å². The Hall–Kier alpha value is -3.49. The van der Waals surface area contributed by atoms with Gasteiger partial charge in [0.25, 0.3) is 5.91 Å². The van der Waals surface area contributed by atoms with E-state index in [0.29, 0.717) is 11.8 Å². The van der Waals surface area contributed by atoms with Gasteiger partial charge in [-0.05, 0) is 44.4 Å². The minimum absolute atomic E-state index is 0.354. The van der Waals surface area contributed by atoms with E-state index in [1.807, 2.05) is 23.0 Å². The summed E-state index contributed by atoms with van der Waals surface area (Å²) in [4.78, 5) is 44.8. The molecule has 2 aliphatic heterocycles. The molecule has 0 spiro atoms. The highest BCUT2D eigenvalue weighted by molar-refractivity contribution is 6.19. The summed E-state index contributed by atoms with van der Waals surface area (Å²) in [6.45, 7) is 5.65. The molecule has 0 aliphatic carbocycles. The molecule has 9 nitrogen and oxygen atoms in total. The SMILES string of the molecule is CCCCc1ccc(-n2c(C)c(C)[n+]3c2N=C2C3C(=O)N(CC(=O)OC)C(=O)N2C)cc1. The lowest BCUT2D eigenvalue weighted by molar-refractivity contribution is -0.682. The number of urea groups is 1. The Balaban J connectivity index is 1.77. The molecule has 0 bridgehead atoms. The fourth-order valence-corrected chi connectivity index (χ4v) is 4.28. The first-order valence-corrected chi connectivity index (χ1v) is 10.8. The van der Waals surface area contributed by atoms with Gasteiger partial charge in [-0.3, -0.25) is 14.5 Å². The largest absolute Gasteiger partial charge is 0.468 e. The molecule has 0 saturated carbocycles. The van der Waals surface area contributed by atoms with Gasteiger partial charge in [-0.15, -0.1) is 0 Å². The Labute approximate surface area is 186 Å². The van der Waals surface area contributed by atoms with Crippen LogP contribution in [0, 0.1) is 13.8 Å². The molecule has 1 fully saturated rings. The van der Waals surface area contributed by atoms with Crippen molar-refractivity contribution in [3.05, 3.63) is 41.2 Å². The molecule has 9 heteroatoms. The maximum atomic E-state index is 13.3. The lowest BCUT2D eigenvalue weighted by atomic mass is 10.1. The van der Waals surface area contributed by atoms with Crippen LogP contribution in [0.1, 0.15) is 42.8 Å². The van der Waals surface area contributed by atoms with Crippen molar-refractivity contribution in [3.63, 3.8) is 0 Å². The number of ether oxygens (including phenoxy) is 1. The molecule has 1 aromatic carbocycles. The fraction of sp³-hybridized carbons (Fsp3) is 0.435. The number of fused-ring (bicyclic) bond motifs is 3. The van der Waals surface area contributed by atoms with Gasteiger partial charge >= 0.3 is 17.9 Å². The first-order chi connectivity index (χ1) is 15.3. The number of methoxy groups -OCH3 is 1. The number of rotatable bonds is 6. The number of benzene rings is 1. The monoisotopic (exact) mass is 438 g/mol. The number of esters is 1. The number of aliphatic imine (C=N–C) groups is 1. The van der Waals surface area contributed by atoms with Gasteiger partial charge in [-0.2, -0.15) is 4.57 Å². The Morgan fingerprint density at radius 3 is 2.50 bits per heavy atom. The molecule has 2 aromatic rings. The summed E-state index contributed by atoms with van der Waals surface area (Å²) < 4.78 is 8.50. The normalized spacial score (nSPS) is 17.4. The third-order valence-electron chi connectivity index (χ3n) is 6.24. The molecule has 168 valence electrons. The van der Waals surface area contributed by atoms with Crippen LogP contribution in [-0.2, 0) is 20.7 Å². The molecular weight excluding hydrogens is 410 g/mol. The summed E-state index contributed by atoms with van der Waals surface area (Å²) in [5, 5.41) is 0. The number of imidazole rings is 1. The van der Waals surface area contributed by atoms with Gasteiger partial charge in [-0.1, -0.05) is 30.5 Å². The van der Waals surface area contributed by atoms with Gasteiger partial charge < -0.3 is 4.74 Å². The number of aryl methyl sites for hydroxylation is 1. The second kappa shape index (κ2) is 8.22. The number of imide groups is 1. The van der Waals surface area contributed by atoms with Crippen molar-refractivity contribution in [2.75, 3.05) is 20.7 Å². The average Bonchev–Trinajstić information content (AvgIpc) is 3.29. The highest BCUT2D eigenvalue weighted by atomic mass is 16.5. The molecule has 2 aliphatic rings. The van der Waals surface area contributed by atoms with Crippen LogP contribution in [0.25, 0.3) is 5.69 Å². The Kier molecular flexibility index (Phi) is 5.58. The molecule has 1 atom stereocenters. The van der Waals surface area contributed by atoms with E-state index < -0.39 is 30.5 Å². The number of amidine groups is 1. The lowest BCUT2D eigenvalue weighted by Crippen LogP contribution is -2.64. The standard InChI is InChI=1S/C23H28N5O4/c1-6-7-8-16-9-11-17(12-10-16)27-14(2)15(3)28-19-20(24-22(27)28)25(4)23(31)26(21(19)30)13-18(29)32-5/h9-12,19H,6-8,13H2,1-5H3/q+1. The van der Waals surface area contributed by atoms with E-state index in [9.17, 15) is 14.4 Å². The Morgan fingerprint density at radius 2 is 1.88 bits per heavy atom. The Morgan fingerprint density at radius 1 is 1.19 bits per heavy atom. The molecule has 32 heavy (non-hydrogen) atoms. The van der Waals surface area contributed by atoms with Gasteiger partial charge in [0.2, 0.25) is 11.9 Å². The van der Waals surface area contributed by atoms with Crippen LogP contribution in [0.4, 0.5) is 10.7 Å². The van der Waals surface area contributed by atoms with Gasteiger partial charge in [0.1, 0.15) is 23.6 Å². The zero-order valence-corrected chi connectivity index (χ0v) is 19.1. The van der Waals surface area contributed by atoms with E-state index in [1.165, 1.54) is 17.6 Å². The van der Waals surface area contributed by atoms with E-state index in [0.717, 1.165) is 41.2 Å². The zero-order chi connectivity index (χ0) is 23.2. The average molecular weight is 439 g/mol. The molecule has 0 N–H and O–H groups in total. The van der Waals surface area contributed by atoms with E-state index in [-0.39, 0.29) is 0 Å². The number of aromatic nitrogens is 2. The smallest absolute Gasteiger partial charge is 0.407 e. The number of hydrogen-bond acceptors (Lipinski definition) is 5. The summed E-state index contributed by atoms with van der Waals surface area (Å²) in [6, 6.07) is 6.94. The van der Waals surface area contributed by atoms with Crippen LogP contribution < -0.4 is 4.57 Å². The summed E-state index contributed by atoms with van der Waals surface area (Å²) in [5.74, 6) is -0.213. The maximum absolute atomic E-state index is 13.3. The fourth-order valence-electron chi connectivity index (χ4n) is 4.28. The lowest BCUT2D eigenvalue weighted by Gasteiger charge is -2.32. The van der Waals surface area contributed by atoms with Crippen molar-refractivity contribution in [2.45, 2.75) is 46.1 Å². The van der Waals surface area contributed by atoms with Crippen LogP contribution in [0.15, 0.2) is 29.3 Å². The molecule has 3 amide bonds. The second-order valence-corrected chi connectivity index (χ2v) is 8.16. The maximum Gasteiger partial charge on any atom is 0.407 e. The topological polar surface area (TPSA) is 88.1 Å². The van der Waals surface area contributed by atoms with Crippen molar-refractivity contribution in [2.24, 2.45) is 4.99 Å². The zero-order valence-electron chi connectivity index (χ0n) is 19.1. The van der Waals surface area contributed by atoms with Crippen molar-refractivity contribution in [3.8, 4) is 5.69 Å². The molecule has 0 radical (unpaired) electrons. The predicted molar refractivity (Wildman–Crippen MR) is 117 cm³/mol. The number of carbonyl (C=O) groups is 3. The molecule has 1 unspecified atom stereocenters. The van der Waals surface area contributed by atoms with Crippen LogP contribution in [0.2, 0.25) is 0 Å². The van der Waals surface area contributed by atoms with Crippen molar-refractivity contribution < 1.29 is 23.7 Å². The minimum atomic E-state index is -0.805. The van der Waals surface area contributed by atoms with E-state index in [4.69, 9.17) is 4.99 Å². The second-order valence-electron chi connectivity index (χ2n) is 8.16. The summed E-state index contributed by atoms with van der Waals surface area (Å²) in [7, 11) is 2.79. The first-order valence-electron chi connectivity index (χ1n) is 10.8. The number of nitrogens with zero attached hydrogens (tertiary/aromatic N) is 5. The van der Waals surface area contributed by atoms with Crippen LogP contribution in [0.5, 0.6) is 0 Å². The highest BCUT2D eigenvalue weighted by Crippen LogP contribution is 2.33. The van der Waals surface area contributed by atoms with Gasteiger partial charge in [0.05, 0.1) is 7.11 Å². The molecule has 4 rings (SSSR count). The van der Waals surface area contributed by atoms with E-state index in [1.54, 1.807) is 7.05 Å². The number of carbonyl (C=O) groups excluding carboxylic acids is 3. The minimum Gasteiger partial charge on any atom is -0.468 e. The third kappa shape index (κ3) is 3.28. The molecular formula is C23H28N5O4+. The van der Waals surface area contributed by atoms with Crippen molar-refractivity contribution in [1.82, 2.24) is 14.4 Å². The van der Waals surface area contributed by atoms with Gasteiger partial charge in [0.15, 0.2) is 0 Å². The molecule has 1 aromatic heterocycles. The number of amides is 3. The van der Waals surface area contributed by atoms with Crippen LogP contribution in [0.3, 0.4) is 0 Å². The number of unbranched alkanes of at least 4 members (excludes halogenated alkanes) is 1. The van der Waals surface area contributed by atoms with E-state index in [2.05, 4.69) is 35.9 Å².